The summed E-state index contributed by atoms with van der Waals surface area (Å²) in [6.45, 7) is 1.01. The Morgan fingerprint density at radius 2 is 2.00 bits per heavy atom. The van der Waals surface area contributed by atoms with Crippen LogP contribution in [-0.2, 0) is 14.3 Å². The number of hydrogen-bond acceptors (Lipinski definition) is 4. The maximum atomic E-state index is 11.2. The summed E-state index contributed by atoms with van der Waals surface area (Å²) in [5.74, 6) is 0.0116. The minimum Gasteiger partial charge on any atom is -0.354 e. The van der Waals surface area contributed by atoms with Crippen LogP contribution in [0.15, 0.2) is 0 Å². The molecule has 0 saturated carbocycles. The molecule has 0 spiro atoms. The van der Waals surface area contributed by atoms with E-state index in [0.29, 0.717) is 19.5 Å². The van der Waals surface area contributed by atoms with Crippen molar-refractivity contribution >= 4 is 5.91 Å². The Kier molecular flexibility index (Phi) is 8.51. The van der Waals surface area contributed by atoms with Gasteiger partial charge in [-0.1, -0.05) is 0 Å². The fraction of sp³-hybridized carbons (Fsp3) is 0.889. The molecule has 0 heterocycles. The molecule has 5 heteroatoms. The molecule has 0 rings (SSSR count). The van der Waals surface area contributed by atoms with Crippen molar-refractivity contribution in [2.24, 2.45) is 5.73 Å². The lowest BCUT2D eigenvalue weighted by molar-refractivity contribution is -0.127. The number of nitrogens with two attached hydrogens (primary N) is 1. The van der Waals surface area contributed by atoms with Gasteiger partial charge in [0.15, 0.2) is 6.29 Å². The minimum atomic E-state index is -0.367. The number of carbonyl (C=O) groups is 1. The normalized spacial score (nSPS) is 10.6. The van der Waals surface area contributed by atoms with E-state index < -0.39 is 0 Å². The van der Waals surface area contributed by atoms with Crippen molar-refractivity contribution in [1.82, 2.24) is 5.32 Å². The largest absolute Gasteiger partial charge is 0.354 e. The van der Waals surface area contributed by atoms with Crippen LogP contribution in [0.2, 0.25) is 0 Å². The van der Waals surface area contributed by atoms with E-state index in [2.05, 4.69) is 5.32 Å². The van der Waals surface area contributed by atoms with Crippen LogP contribution in [-0.4, -0.2) is 39.5 Å². The van der Waals surface area contributed by atoms with Gasteiger partial charge in [-0.15, -0.1) is 0 Å². The second kappa shape index (κ2) is 8.93. The number of ether oxygens (including phenoxy) is 2. The Morgan fingerprint density at radius 3 is 2.50 bits per heavy atom. The first-order valence-corrected chi connectivity index (χ1v) is 4.77. The molecule has 0 radical (unpaired) electrons. The van der Waals surface area contributed by atoms with Gasteiger partial charge in [0.25, 0.3) is 0 Å². The molecular weight excluding hydrogens is 184 g/mol. The van der Waals surface area contributed by atoms with E-state index in [1.54, 1.807) is 0 Å². The number of amides is 1. The molecule has 0 bridgehead atoms. The standard InChI is InChI=1S/C9H20N2O3/c1-13-9(14-2)7-11-8(12)5-3-4-6-10/h9H,3-7,10H2,1-2H3,(H,11,12). The Hall–Kier alpha value is -0.650. The molecule has 0 unspecified atom stereocenters. The summed E-state index contributed by atoms with van der Waals surface area (Å²) >= 11 is 0. The van der Waals surface area contributed by atoms with Crippen LogP contribution in [0.4, 0.5) is 0 Å². The number of unbranched alkanes of at least 4 members (excludes halogenated alkanes) is 1. The van der Waals surface area contributed by atoms with E-state index in [1.807, 2.05) is 0 Å². The molecule has 0 aromatic rings. The zero-order valence-corrected chi connectivity index (χ0v) is 8.91. The van der Waals surface area contributed by atoms with Crippen LogP contribution in [0.3, 0.4) is 0 Å². The molecule has 0 aliphatic heterocycles. The van der Waals surface area contributed by atoms with Crippen molar-refractivity contribution in [3.05, 3.63) is 0 Å². The molecule has 14 heavy (non-hydrogen) atoms. The fourth-order valence-electron chi connectivity index (χ4n) is 0.978. The Morgan fingerprint density at radius 1 is 1.36 bits per heavy atom. The van der Waals surface area contributed by atoms with Crippen LogP contribution in [0.1, 0.15) is 19.3 Å². The van der Waals surface area contributed by atoms with Crippen molar-refractivity contribution in [1.29, 1.82) is 0 Å². The van der Waals surface area contributed by atoms with Gasteiger partial charge in [-0.3, -0.25) is 4.79 Å². The van der Waals surface area contributed by atoms with E-state index in [4.69, 9.17) is 15.2 Å². The number of carbonyl (C=O) groups excluding carboxylic acids is 1. The molecule has 0 atom stereocenters. The van der Waals surface area contributed by atoms with E-state index in [9.17, 15) is 4.79 Å². The third-order valence-corrected chi connectivity index (χ3v) is 1.85. The lowest BCUT2D eigenvalue weighted by Gasteiger charge is -2.13. The van der Waals surface area contributed by atoms with E-state index in [1.165, 1.54) is 14.2 Å². The Balaban J connectivity index is 3.42. The van der Waals surface area contributed by atoms with Crippen LogP contribution in [0, 0.1) is 0 Å². The van der Waals surface area contributed by atoms with Gasteiger partial charge in [0.1, 0.15) is 0 Å². The van der Waals surface area contributed by atoms with E-state index >= 15 is 0 Å². The number of hydrogen-bond donors (Lipinski definition) is 2. The van der Waals surface area contributed by atoms with Gasteiger partial charge in [0, 0.05) is 20.6 Å². The molecule has 0 aromatic heterocycles. The Labute approximate surface area is 84.9 Å². The summed E-state index contributed by atoms with van der Waals surface area (Å²) in [4.78, 5) is 11.2. The highest BCUT2D eigenvalue weighted by atomic mass is 16.7. The highest BCUT2D eigenvalue weighted by molar-refractivity contribution is 5.75. The van der Waals surface area contributed by atoms with Crippen molar-refractivity contribution in [3.63, 3.8) is 0 Å². The second-order valence-corrected chi connectivity index (χ2v) is 2.95. The molecule has 3 N–H and O–H groups in total. The molecule has 0 fully saturated rings. The Bertz CT molecular complexity index is 149. The third kappa shape index (κ3) is 6.82. The van der Waals surface area contributed by atoms with Gasteiger partial charge in [0.2, 0.25) is 5.91 Å². The number of rotatable bonds is 8. The maximum absolute atomic E-state index is 11.2. The molecule has 0 aliphatic carbocycles. The average molecular weight is 204 g/mol. The summed E-state index contributed by atoms with van der Waals surface area (Å²) in [6, 6.07) is 0. The van der Waals surface area contributed by atoms with Crippen LogP contribution < -0.4 is 11.1 Å². The summed E-state index contributed by atoms with van der Waals surface area (Å²) in [7, 11) is 3.07. The first kappa shape index (κ1) is 13.4. The van der Waals surface area contributed by atoms with Crippen molar-refractivity contribution in [3.8, 4) is 0 Å². The van der Waals surface area contributed by atoms with Crippen molar-refractivity contribution < 1.29 is 14.3 Å². The fourth-order valence-corrected chi connectivity index (χ4v) is 0.978. The van der Waals surface area contributed by atoms with Crippen molar-refractivity contribution in [2.75, 3.05) is 27.3 Å². The molecule has 5 nitrogen and oxygen atoms in total. The summed E-state index contributed by atoms with van der Waals surface area (Å²) in [5.41, 5.74) is 5.31. The summed E-state index contributed by atoms with van der Waals surface area (Å²) in [6.07, 6.45) is 1.85. The van der Waals surface area contributed by atoms with Gasteiger partial charge in [-0.2, -0.15) is 0 Å². The van der Waals surface area contributed by atoms with Gasteiger partial charge < -0.3 is 20.5 Å². The quantitative estimate of drug-likeness (QED) is 0.426. The molecular formula is C9H20N2O3. The highest BCUT2D eigenvalue weighted by Gasteiger charge is 2.06. The third-order valence-electron chi connectivity index (χ3n) is 1.85. The van der Waals surface area contributed by atoms with Crippen molar-refractivity contribution in [2.45, 2.75) is 25.6 Å². The molecule has 0 aromatic carbocycles. The summed E-state index contributed by atoms with van der Waals surface area (Å²) in [5, 5.41) is 2.71. The van der Waals surface area contributed by atoms with Crippen LogP contribution in [0.5, 0.6) is 0 Å². The van der Waals surface area contributed by atoms with E-state index in [-0.39, 0.29) is 12.2 Å². The van der Waals surface area contributed by atoms with Gasteiger partial charge >= 0.3 is 0 Å². The molecule has 84 valence electrons. The molecule has 0 saturated heterocycles. The zero-order valence-electron chi connectivity index (χ0n) is 8.91. The van der Waals surface area contributed by atoms with Gasteiger partial charge in [-0.05, 0) is 19.4 Å². The minimum absolute atomic E-state index is 0.0116. The smallest absolute Gasteiger partial charge is 0.220 e. The average Bonchev–Trinajstić information content (AvgIpc) is 2.20. The molecule has 0 aliphatic rings. The SMILES string of the molecule is COC(CNC(=O)CCCCN)OC. The number of nitrogens with one attached hydrogen (secondary N) is 1. The van der Waals surface area contributed by atoms with Crippen LogP contribution >= 0.6 is 0 Å². The highest BCUT2D eigenvalue weighted by Crippen LogP contribution is 1.94. The first-order valence-electron chi connectivity index (χ1n) is 4.77. The predicted octanol–water partition coefficient (Wildman–Crippen LogP) is -0.149. The van der Waals surface area contributed by atoms with Crippen LogP contribution in [0.25, 0.3) is 0 Å². The van der Waals surface area contributed by atoms with Gasteiger partial charge in [-0.25, -0.2) is 0 Å². The molecule has 1 amide bonds. The monoisotopic (exact) mass is 204 g/mol. The predicted molar refractivity (Wildman–Crippen MR) is 53.7 cm³/mol. The topological polar surface area (TPSA) is 73.6 Å². The summed E-state index contributed by atoms with van der Waals surface area (Å²) < 4.78 is 9.84. The number of methoxy groups -OCH3 is 2. The lowest BCUT2D eigenvalue weighted by Crippen LogP contribution is -2.34. The van der Waals surface area contributed by atoms with Gasteiger partial charge in [0.05, 0.1) is 6.54 Å². The first-order chi connectivity index (χ1) is 6.74. The van der Waals surface area contributed by atoms with E-state index in [0.717, 1.165) is 12.8 Å². The maximum Gasteiger partial charge on any atom is 0.220 e. The lowest BCUT2D eigenvalue weighted by atomic mass is 10.2. The zero-order chi connectivity index (χ0) is 10.8. The second-order valence-electron chi connectivity index (χ2n) is 2.95.